The van der Waals surface area contributed by atoms with Crippen LogP contribution in [0, 0.1) is 0 Å². The molecule has 2 bridgehead atoms. The fraction of sp³-hybridized carbons (Fsp3) is 0.600. The van der Waals surface area contributed by atoms with Gasteiger partial charge in [0.25, 0.3) is 0 Å². The number of ether oxygens (including phenoxy) is 1. The number of benzene rings is 1. The van der Waals surface area contributed by atoms with Gasteiger partial charge in [0.2, 0.25) is 0 Å². The highest BCUT2D eigenvalue weighted by atomic mass is 35.5. The summed E-state index contributed by atoms with van der Waals surface area (Å²) in [5.74, 6) is 0.773. The second kappa shape index (κ2) is 5.22. The van der Waals surface area contributed by atoms with Crippen LogP contribution in [-0.2, 0) is 0 Å². The molecule has 3 rings (SSSR count). The molecule has 104 valence electrons. The lowest BCUT2D eigenvalue weighted by molar-refractivity contribution is 0.373. The van der Waals surface area contributed by atoms with Crippen LogP contribution in [0.5, 0.6) is 5.75 Å². The molecule has 0 aromatic heterocycles. The van der Waals surface area contributed by atoms with Gasteiger partial charge in [-0.25, -0.2) is 0 Å². The third-order valence-corrected chi connectivity index (χ3v) is 4.89. The van der Waals surface area contributed by atoms with Gasteiger partial charge in [0.15, 0.2) is 0 Å². The first-order valence-corrected chi connectivity index (χ1v) is 7.40. The molecule has 1 aromatic carbocycles. The number of hydrogen-bond acceptors (Lipinski definition) is 3. The Morgan fingerprint density at radius 2 is 1.95 bits per heavy atom. The zero-order chi connectivity index (χ0) is 13.4. The van der Waals surface area contributed by atoms with E-state index < -0.39 is 0 Å². The summed E-state index contributed by atoms with van der Waals surface area (Å²) in [7, 11) is 3.75. The standard InChI is InChI=1S/C15H21ClN2O/c1-17-10-7-11-3-4-12(8-10)18(11)13-5-6-14(16)15(9-13)19-2/h5-6,9-12,17H,3-4,7-8H2,1-2H3. The fourth-order valence-electron chi connectivity index (χ4n) is 3.64. The molecule has 0 aliphatic carbocycles. The van der Waals surface area contributed by atoms with Gasteiger partial charge in [0.1, 0.15) is 5.75 Å². The van der Waals surface area contributed by atoms with Crippen molar-refractivity contribution in [1.29, 1.82) is 0 Å². The zero-order valence-electron chi connectivity index (χ0n) is 11.5. The van der Waals surface area contributed by atoms with Crippen molar-refractivity contribution in [2.45, 2.75) is 43.8 Å². The first-order valence-electron chi connectivity index (χ1n) is 7.02. The minimum atomic E-state index is 0.655. The Hall–Kier alpha value is -0.930. The summed E-state index contributed by atoms with van der Waals surface area (Å²) in [5.41, 5.74) is 1.25. The van der Waals surface area contributed by atoms with Crippen LogP contribution in [0.1, 0.15) is 25.7 Å². The molecule has 2 heterocycles. The van der Waals surface area contributed by atoms with Gasteiger partial charge in [-0.05, 0) is 44.9 Å². The average molecular weight is 281 g/mol. The third-order valence-electron chi connectivity index (χ3n) is 4.57. The summed E-state index contributed by atoms with van der Waals surface area (Å²) >= 11 is 6.12. The second-order valence-electron chi connectivity index (χ2n) is 5.57. The third kappa shape index (κ3) is 2.30. The van der Waals surface area contributed by atoms with Crippen molar-refractivity contribution < 1.29 is 4.74 Å². The molecule has 0 amide bonds. The van der Waals surface area contributed by atoms with Gasteiger partial charge in [-0.2, -0.15) is 0 Å². The SMILES string of the molecule is CNC1CC2CCC(C1)N2c1ccc(Cl)c(OC)c1. The van der Waals surface area contributed by atoms with Crippen molar-refractivity contribution in [3.05, 3.63) is 23.2 Å². The lowest BCUT2D eigenvalue weighted by atomic mass is 9.96. The van der Waals surface area contributed by atoms with E-state index in [0.29, 0.717) is 23.1 Å². The predicted octanol–water partition coefficient (Wildman–Crippen LogP) is 3.07. The average Bonchev–Trinajstić information content (AvgIpc) is 2.70. The molecule has 0 spiro atoms. The number of nitrogens with one attached hydrogen (secondary N) is 1. The summed E-state index contributed by atoms with van der Waals surface area (Å²) < 4.78 is 5.34. The summed E-state index contributed by atoms with van der Waals surface area (Å²) in [6.45, 7) is 0. The van der Waals surface area contributed by atoms with Crippen molar-refractivity contribution >= 4 is 17.3 Å². The number of fused-ring (bicyclic) bond motifs is 2. The van der Waals surface area contributed by atoms with Crippen molar-refractivity contribution in [2.24, 2.45) is 0 Å². The Kier molecular flexibility index (Phi) is 3.59. The van der Waals surface area contributed by atoms with E-state index in [1.54, 1.807) is 7.11 Å². The maximum atomic E-state index is 6.12. The normalized spacial score (nSPS) is 29.6. The van der Waals surface area contributed by atoms with E-state index in [4.69, 9.17) is 16.3 Å². The number of methoxy groups -OCH3 is 1. The Balaban J connectivity index is 1.87. The second-order valence-corrected chi connectivity index (χ2v) is 5.98. The molecular formula is C15H21ClN2O. The van der Waals surface area contributed by atoms with Crippen molar-refractivity contribution in [3.8, 4) is 5.75 Å². The number of piperidine rings is 1. The van der Waals surface area contributed by atoms with E-state index in [0.717, 1.165) is 5.75 Å². The van der Waals surface area contributed by atoms with E-state index in [1.165, 1.54) is 31.4 Å². The molecule has 3 nitrogen and oxygen atoms in total. The number of hydrogen-bond donors (Lipinski definition) is 1. The number of rotatable bonds is 3. The van der Waals surface area contributed by atoms with Gasteiger partial charge in [-0.1, -0.05) is 11.6 Å². The molecule has 2 fully saturated rings. The van der Waals surface area contributed by atoms with Gasteiger partial charge in [0, 0.05) is 29.9 Å². The van der Waals surface area contributed by atoms with E-state index in [9.17, 15) is 0 Å². The van der Waals surface area contributed by atoms with Gasteiger partial charge in [-0.3, -0.25) is 0 Å². The monoisotopic (exact) mass is 280 g/mol. The molecule has 0 radical (unpaired) electrons. The van der Waals surface area contributed by atoms with Crippen LogP contribution < -0.4 is 15.0 Å². The minimum absolute atomic E-state index is 0.655. The first-order chi connectivity index (χ1) is 9.22. The van der Waals surface area contributed by atoms with Crippen molar-refractivity contribution in [3.63, 3.8) is 0 Å². The highest BCUT2D eigenvalue weighted by Crippen LogP contribution is 2.41. The van der Waals surface area contributed by atoms with E-state index >= 15 is 0 Å². The molecular weight excluding hydrogens is 260 g/mol. The molecule has 4 heteroatoms. The molecule has 19 heavy (non-hydrogen) atoms. The van der Waals surface area contributed by atoms with Crippen LogP contribution in [0.15, 0.2) is 18.2 Å². The van der Waals surface area contributed by atoms with E-state index in [-0.39, 0.29) is 0 Å². The summed E-state index contributed by atoms with van der Waals surface area (Å²) in [5, 5.41) is 4.12. The van der Waals surface area contributed by atoms with Gasteiger partial charge in [0.05, 0.1) is 12.1 Å². The van der Waals surface area contributed by atoms with Crippen LogP contribution in [0.4, 0.5) is 5.69 Å². The van der Waals surface area contributed by atoms with Crippen LogP contribution in [-0.4, -0.2) is 32.3 Å². The van der Waals surface area contributed by atoms with Crippen LogP contribution in [0.25, 0.3) is 0 Å². The molecule has 2 unspecified atom stereocenters. The molecule has 2 aliphatic heterocycles. The first kappa shape index (κ1) is 13.1. The number of halogens is 1. The number of nitrogens with zero attached hydrogens (tertiary/aromatic N) is 1. The molecule has 1 aromatic rings. The maximum Gasteiger partial charge on any atom is 0.139 e. The van der Waals surface area contributed by atoms with E-state index in [2.05, 4.69) is 29.4 Å². The molecule has 2 atom stereocenters. The molecule has 1 N–H and O–H groups in total. The minimum Gasteiger partial charge on any atom is -0.495 e. The fourth-order valence-corrected chi connectivity index (χ4v) is 3.84. The Labute approximate surface area is 119 Å². The van der Waals surface area contributed by atoms with Gasteiger partial charge in [-0.15, -0.1) is 0 Å². The van der Waals surface area contributed by atoms with E-state index in [1.807, 2.05) is 6.07 Å². The maximum absolute atomic E-state index is 6.12. The molecule has 2 saturated heterocycles. The summed E-state index contributed by atoms with van der Waals surface area (Å²) in [6.07, 6.45) is 5.07. The lowest BCUT2D eigenvalue weighted by Crippen LogP contribution is -2.48. The van der Waals surface area contributed by atoms with Crippen molar-refractivity contribution in [1.82, 2.24) is 5.32 Å². The topological polar surface area (TPSA) is 24.5 Å². The predicted molar refractivity (Wildman–Crippen MR) is 79.4 cm³/mol. The Bertz CT molecular complexity index is 451. The highest BCUT2D eigenvalue weighted by molar-refractivity contribution is 6.32. The van der Waals surface area contributed by atoms with Crippen LogP contribution >= 0.6 is 11.6 Å². The van der Waals surface area contributed by atoms with Crippen molar-refractivity contribution in [2.75, 3.05) is 19.1 Å². The van der Waals surface area contributed by atoms with Gasteiger partial charge < -0.3 is 15.0 Å². The zero-order valence-corrected chi connectivity index (χ0v) is 12.3. The highest BCUT2D eigenvalue weighted by Gasteiger charge is 2.40. The Morgan fingerprint density at radius 1 is 1.26 bits per heavy atom. The Morgan fingerprint density at radius 3 is 2.53 bits per heavy atom. The van der Waals surface area contributed by atoms with Crippen LogP contribution in [0.3, 0.4) is 0 Å². The smallest absolute Gasteiger partial charge is 0.139 e. The van der Waals surface area contributed by atoms with Crippen LogP contribution in [0.2, 0.25) is 5.02 Å². The summed E-state index contributed by atoms with van der Waals surface area (Å²) in [4.78, 5) is 2.58. The quantitative estimate of drug-likeness (QED) is 0.921. The molecule has 2 aliphatic rings. The largest absolute Gasteiger partial charge is 0.495 e. The number of anilines is 1. The van der Waals surface area contributed by atoms with Gasteiger partial charge >= 0.3 is 0 Å². The summed E-state index contributed by atoms with van der Waals surface area (Å²) in [6, 6.07) is 8.12. The molecule has 0 saturated carbocycles. The lowest BCUT2D eigenvalue weighted by Gasteiger charge is -2.40.